The monoisotopic (exact) mass is 249 g/mol. The number of pyridine rings is 1. The molecule has 2 rings (SSSR count). The normalized spacial score (nSPS) is 20.1. The molecule has 1 aromatic rings. The zero-order chi connectivity index (χ0) is 12.6. The smallest absolute Gasteiger partial charge is 0.226 e. The van der Waals surface area contributed by atoms with E-state index in [-0.39, 0.29) is 5.91 Å². The van der Waals surface area contributed by atoms with Crippen molar-refractivity contribution in [3.05, 3.63) is 30.1 Å². The Morgan fingerprint density at radius 2 is 2.50 bits per heavy atom. The lowest BCUT2D eigenvalue weighted by Crippen LogP contribution is -2.35. The summed E-state index contributed by atoms with van der Waals surface area (Å²) in [5.74, 6) is 0.359. The molecule has 0 aromatic carbocycles. The summed E-state index contributed by atoms with van der Waals surface area (Å²) in [6.07, 6.45) is 2.04. The van der Waals surface area contributed by atoms with Crippen LogP contribution in [-0.2, 0) is 16.0 Å². The molecule has 1 fully saturated rings. The molecule has 1 atom stereocenters. The molecule has 1 aromatic heterocycles. The van der Waals surface area contributed by atoms with Gasteiger partial charge in [0.25, 0.3) is 0 Å². The second-order valence-electron chi connectivity index (χ2n) is 4.45. The number of hydrogen-bond donors (Lipinski definition) is 2. The molecule has 2 heterocycles. The molecule has 0 spiro atoms. The first kappa shape index (κ1) is 13.0. The Morgan fingerprint density at radius 3 is 3.33 bits per heavy atom. The molecule has 1 aliphatic rings. The van der Waals surface area contributed by atoms with E-state index in [0.29, 0.717) is 25.5 Å². The molecule has 0 radical (unpaired) electrons. The minimum absolute atomic E-state index is 0.0120. The van der Waals surface area contributed by atoms with Gasteiger partial charge in [0.2, 0.25) is 5.91 Å². The van der Waals surface area contributed by atoms with Gasteiger partial charge >= 0.3 is 0 Å². The van der Waals surface area contributed by atoms with Gasteiger partial charge in [-0.15, -0.1) is 0 Å². The van der Waals surface area contributed by atoms with E-state index < -0.39 is 0 Å². The largest absolute Gasteiger partial charge is 0.380 e. The molecule has 0 bridgehead atoms. The molecule has 18 heavy (non-hydrogen) atoms. The van der Waals surface area contributed by atoms with Crippen LogP contribution in [0.5, 0.6) is 0 Å². The third kappa shape index (κ3) is 4.43. The molecular formula is C13H19N3O2. The summed E-state index contributed by atoms with van der Waals surface area (Å²) in [4.78, 5) is 15.9. The van der Waals surface area contributed by atoms with Crippen molar-refractivity contribution in [3.63, 3.8) is 0 Å². The summed E-state index contributed by atoms with van der Waals surface area (Å²) >= 11 is 0. The quantitative estimate of drug-likeness (QED) is 0.787. The first-order chi connectivity index (χ1) is 8.84. The molecule has 5 nitrogen and oxygen atoms in total. The molecular weight excluding hydrogens is 230 g/mol. The summed E-state index contributed by atoms with van der Waals surface area (Å²) in [5.41, 5.74) is 0.797. The number of nitrogens with one attached hydrogen (secondary N) is 2. The topological polar surface area (TPSA) is 63.2 Å². The average Bonchev–Trinajstić information content (AvgIpc) is 2.66. The Balaban J connectivity index is 1.71. The maximum Gasteiger partial charge on any atom is 0.226 e. The van der Waals surface area contributed by atoms with Crippen LogP contribution >= 0.6 is 0 Å². The Hall–Kier alpha value is -1.46. The van der Waals surface area contributed by atoms with Gasteiger partial charge in [-0.05, 0) is 12.1 Å². The van der Waals surface area contributed by atoms with Gasteiger partial charge in [0.15, 0.2) is 0 Å². The molecule has 2 N–H and O–H groups in total. The fourth-order valence-electron chi connectivity index (χ4n) is 1.88. The van der Waals surface area contributed by atoms with Crippen molar-refractivity contribution in [2.75, 3.05) is 32.8 Å². The third-order valence-electron chi connectivity index (χ3n) is 2.87. The Kier molecular flexibility index (Phi) is 5.11. The second-order valence-corrected chi connectivity index (χ2v) is 4.45. The van der Waals surface area contributed by atoms with Gasteiger partial charge in [0.1, 0.15) is 0 Å². The van der Waals surface area contributed by atoms with Gasteiger partial charge in [-0.25, -0.2) is 0 Å². The lowest BCUT2D eigenvalue weighted by molar-refractivity contribution is -0.120. The van der Waals surface area contributed by atoms with Gasteiger partial charge in [-0.1, -0.05) is 6.07 Å². The first-order valence-corrected chi connectivity index (χ1v) is 6.29. The first-order valence-electron chi connectivity index (χ1n) is 6.29. The number of ether oxygens (including phenoxy) is 1. The van der Waals surface area contributed by atoms with Gasteiger partial charge < -0.3 is 15.4 Å². The predicted octanol–water partition coefficient (Wildman–Crippen LogP) is -0.0237. The summed E-state index contributed by atoms with van der Waals surface area (Å²) < 4.78 is 5.43. The Morgan fingerprint density at radius 1 is 1.56 bits per heavy atom. The molecule has 1 amide bonds. The summed E-state index contributed by atoms with van der Waals surface area (Å²) in [5, 5.41) is 6.21. The SMILES string of the molecule is O=C(Cc1ccccn1)NCC1CNCCOC1. The number of amides is 1. The number of rotatable bonds is 4. The van der Waals surface area contributed by atoms with E-state index in [1.165, 1.54) is 0 Å². The van der Waals surface area contributed by atoms with Crippen LogP contribution in [0.4, 0.5) is 0 Å². The maximum atomic E-state index is 11.7. The molecule has 5 heteroatoms. The Labute approximate surface area is 107 Å². The highest BCUT2D eigenvalue weighted by Gasteiger charge is 2.13. The van der Waals surface area contributed by atoms with E-state index in [4.69, 9.17) is 4.74 Å². The van der Waals surface area contributed by atoms with Crippen molar-refractivity contribution >= 4 is 5.91 Å². The summed E-state index contributed by atoms with van der Waals surface area (Å²) in [6, 6.07) is 5.59. The van der Waals surface area contributed by atoms with Crippen molar-refractivity contribution in [1.82, 2.24) is 15.6 Å². The van der Waals surface area contributed by atoms with E-state index in [9.17, 15) is 4.79 Å². The number of carbonyl (C=O) groups is 1. The number of nitrogens with zero attached hydrogens (tertiary/aromatic N) is 1. The minimum Gasteiger partial charge on any atom is -0.380 e. The lowest BCUT2D eigenvalue weighted by atomic mass is 10.1. The lowest BCUT2D eigenvalue weighted by Gasteiger charge is -2.14. The summed E-state index contributed by atoms with van der Waals surface area (Å²) in [7, 11) is 0. The molecule has 0 aliphatic carbocycles. The molecule has 0 saturated carbocycles. The van der Waals surface area contributed by atoms with E-state index in [1.54, 1.807) is 6.20 Å². The molecule has 98 valence electrons. The number of aromatic nitrogens is 1. The van der Waals surface area contributed by atoms with Gasteiger partial charge in [0, 0.05) is 37.4 Å². The maximum absolute atomic E-state index is 11.7. The fraction of sp³-hybridized carbons (Fsp3) is 0.538. The predicted molar refractivity (Wildman–Crippen MR) is 68.1 cm³/mol. The highest BCUT2D eigenvalue weighted by Crippen LogP contribution is 1.99. The fourth-order valence-corrected chi connectivity index (χ4v) is 1.88. The zero-order valence-electron chi connectivity index (χ0n) is 10.4. The van der Waals surface area contributed by atoms with E-state index >= 15 is 0 Å². The van der Waals surface area contributed by atoms with Crippen LogP contribution in [0.3, 0.4) is 0 Å². The van der Waals surface area contributed by atoms with Crippen molar-refractivity contribution < 1.29 is 9.53 Å². The van der Waals surface area contributed by atoms with Gasteiger partial charge in [-0.2, -0.15) is 0 Å². The van der Waals surface area contributed by atoms with Crippen molar-refractivity contribution in [1.29, 1.82) is 0 Å². The number of carbonyl (C=O) groups excluding carboxylic acids is 1. The minimum atomic E-state index is 0.0120. The van der Waals surface area contributed by atoms with Gasteiger partial charge in [-0.3, -0.25) is 9.78 Å². The summed E-state index contributed by atoms with van der Waals surface area (Å²) in [6.45, 7) is 3.89. The third-order valence-corrected chi connectivity index (χ3v) is 2.87. The van der Waals surface area contributed by atoms with Crippen LogP contribution in [0.25, 0.3) is 0 Å². The highest BCUT2D eigenvalue weighted by atomic mass is 16.5. The van der Waals surface area contributed by atoms with Crippen LogP contribution in [0.2, 0.25) is 0 Å². The van der Waals surface area contributed by atoms with Crippen LogP contribution < -0.4 is 10.6 Å². The van der Waals surface area contributed by atoms with Crippen molar-refractivity contribution in [3.8, 4) is 0 Å². The van der Waals surface area contributed by atoms with E-state index in [2.05, 4.69) is 15.6 Å². The highest BCUT2D eigenvalue weighted by molar-refractivity contribution is 5.78. The zero-order valence-corrected chi connectivity index (χ0v) is 10.4. The molecule has 1 aliphatic heterocycles. The van der Waals surface area contributed by atoms with Crippen LogP contribution in [0.15, 0.2) is 24.4 Å². The molecule has 1 unspecified atom stereocenters. The van der Waals surface area contributed by atoms with Crippen LogP contribution in [-0.4, -0.2) is 43.7 Å². The molecule has 1 saturated heterocycles. The Bertz CT molecular complexity index is 362. The van der Waals surface area contributed by atoms with Crippen molar-refractivity contribution in [2.45, 2.75) is 6.42 Å². The average molecular weight is 249 g/mol. The van der Waals surface area contributed by atoms with E-state index in [1.807, 2.05) is 18.2 Å². The standard InChI is InChI=1S/C13H19N3O2/c17-13(7-12-3-1-2-4-15-12)16-9-11-8-14-5-6-18-10-11/h1-4,11,14H,5-10H2,(H,16,17). The van der Waals surface area contributed by atoms with E-state index in [0.717, 1.165) is 25.4 Å². The van der Waals surface area contributed by atoms with Crippen LogP contribution in [0.1, 0.15) is 5.69 Å². The second kappa shape index (κ2) is 7.08. The van der Waals surface area contributed by atoms with Gasteiger partial charge in [0.05, 0.1) is 19.6 Å². The van der Waals surface area contributed by atoms with Crippen LogP contribution in [0, 0.1) is 5.92 Å². The van der Waals surface area contributed by atoms with Crippen molar-refractivity contribution in [2.24, 2.45) is 5.92 Å². The number of hydrogen-bond acceptors (Lipinski definition) is 4.